The van der Waals surface area contributed by atoms with Crippen LogP contribution in [0.15, 0.2) is 63.8 Å². The molecule has 0 atom stereocenters. The minimum Gasteiger partial charge on any atom is -0.384 e. The van der Waals surface area contributed by atoms with Gasteiger partial charge in [0, 0.05) is 18.4 Å². The van der Waals surface area contributed by atoms with E-state index in [4.69, 9.17) is 4.74 Å². The maximum Gasteiger partial charge on any atom is 0.174 e. The smallest absolute Gasteiger partial charge is 0.174 e. The molecule has 22 heavy (non-hydrogen) atoms. The number of nitrogens with zero attached hydrogens (tertiary/aromatic N) is 2. The number of benzene rings is 2. The third-order valence-corrected chi connectivity index (χ3v) is 4.94. The second-order valence-corrected chi connectivity index (χ2v) is 6.78. The number of rotatable bonds is 6. The van der Waals surface area contributed by atoms with Crippen molar-refractivity contribution in [3.05, 3.63) is 60.4 Å². The largest absolute Gasteiger partial charge is 0.384 e. The first-order valence-electron chi connectivity index (χ1n) is 7.00. The molecule has 1 heterocycles. The zero-order valence-corrected chi connectivity index (χ0v) is 13.9. The standard InChI is InChI=1S/C17H16N2OS2/c1-20-12-11-16-18-17(22-19-16)21-15-9-7-14(8-10-15)13-5-3-2-4-6-13/h2-10H,11-12H2,1H3. The molecule has 5 heteroatoms. The lowest BCUT2D eigenvalue weighted by Gasteiger charge is -2.02. The summed E-state index contributed by atoms with van der Waals surface area (Å²) in [4.78, 5) is 5.69. The van der Waals surface area contributed by atoms with Gasteiger partial charge in [-0.15, -0.1) is 0 Å². The maximum absolute atomic E-state index is 5.05. The van der Waals surface area contributed by atoms with Crippen molar-refractivity contribution in [2.45, 2.75) is 15.7 Å². The van der Waals surface area contributed by atoms with Crippen LogP contribution in [0.4, 0.5) is 0 Å². The summed E-state index contributed by atoms with van der Waals surface area (Å²) in [6.07, 6.45) is 0.764. The van der Waals surface area contributed by atoms with Gasteiger partial charge in [-0.3, -0.25) is 0 Å². The summed E-state index contributed by atoms with van der Waals surface area (Å²) >= 11 is 3.09. The van der Waals surface area contributed by atoms with E-state index in [2.05, 4.69) is 57.9 Å². The van der Waals surface area contributed by atoms with Crippen LogP contribution < -0.4 is 0 Å². The number of aromatic nitrogens is 2. The lowest BCUT2D eigenvalue weighted by atomic mass is 10.1. The van der Waals surface area contributed by atoms with Crippen molar-refractivity contribution in [3.63, 3.8) is 0 Å². The molecule has 0 fully saturated rings. The molecule has 3 rings (SSSR count). The van der Waals surface area contributed by atoms with Gasteiger partial charge in [0.15, 0.2) is 4.34 Å². The summed E-state index contributed by atoms with van der Waals surface area (Å²) in [6.45, 7) is 0.659. The van der Waals surface area contributed by atoms with Crippen molar-refractivity contribution < 1.29 is 4.74 Å². The van der Waals surface area contributed by atoms with E-state index in [0.717, 1.165) is 16.6 Å². The van der Waals surface area contributed by atoms with Gasteiger partial charge in [0.1, 0.15) is 5.82 Å². The fraction of sp³-hybridized carbons (Fsp3) is 0.176. The Morgan fingerprint density at radius 3 is 2.45 bits per heavy atom. The van der Waals surface area contributed by atoms with E-state index in [1.54, 1.807) is 18.9 Å². The van der Waals surface area contributed by atoms with Crippen LogP contribution in [0.25, 0.3) is 11.1 Å². The second-order valence-electron chi connectivity index (χ2n) is 4.71. The third-order valence-electron chi connectivity index (χ3n) is 3.15. The summed E-state index contributed by atoms with van der Waals surface area (Å²) in [5.41, 5.74) is 2.46. The summed E-state index contributed by atoms with van der Waals surface area (Å²) in [5.74, 6) is 0.857. The molecule has 0 bridgehead atoms. The van der Waals surface area contributed by atoms with Crippen LogP contribution in [0.1, 0.15) is 5.82 Å². The normalized spacial score (nSPS) is 10.8. The van der Waals surface area contributed by atoms with E-state index in [1.807, 2.05) is 6.07 Å². The molecule has 0 aliphatic rings. The van der Waals surface area contributed by atoms with Gasteiger partial charge in [-0.2, -0.15) is 4.37 Å². The van der Waals surface area contributed by atoms with Crippen LogP contribution in [-0.2, 0) is 11.2 Å². The van der Waals surface area contributed by atoms with Crippen molar-refractivity contribution in [1.29, 1.82) is 0 Å². The molecule has 2 aromatic carbocycles. The van der Waals surface area contributed by atoms with E-state index in [0.29, 0.717) is 6.61 Å². The highest BCUT2D eigenvalue weighted by Gasteiger charge is 2.06. The molecule has 0 radical (unpaired) electrons. The Labute approximate surface area is 138 Å². The molecule has 1 aromatic heterocycles. The number of ether oxygens (including phenoxy) is 1. The number of hydrogen-bond donors (Lipinski definition) is 0. The molecule has 0 N–H and O–H groups in total. The minimum absolute atomic E-state index is 0.659. The lowest BCUT2D eigenvalue weighted by molar-refractivity contribution is 0.200. The first-order chi connectivity index (χ1) is 10.8. The van der Waals surface area contributed by atoms with Crippen molar-refractivity contribution in [2.75, 3.05) is 13.7 Å². The van der Waals surface area contributed by atoms with E-state index in [9.17, 15) is 0 Å². The van der Waals surface area contributed by atoms with E-state index in [-0.39, 0.29) is 0 Å². The topological polar surface area (TPSA) is 35.0 Å². The zero-order chi connectivity index (χ0) is 15.2. The Morgan fingerprint density at radius 2 is 1.73 bits per heavy atom. The molecular formula is C17H16N2OS2. The fourth-order valence-corrected chi connectivity index (χ4v) is 3.66. The lowest BCUT2D eigenvalue weighted by Crippen LogP contribution is -1.95. The molecule has 3 aromatic rings. The maximum atomic E-state index is 5.05. The van der Waals surface area contributed by atoms with Crippen molar-refractivity contribution >= 4 is 23.3 Å². The Bertz CT molecular complexity index is 711. The van der Waals surface area contributed by atoms with Gasteiger partial charge in [0.05, 0.1) is 6.61 Å². The molecule has 0 aliphatic carbocycles. The van der Waals surface area contributed by atoms with Gasteiger partial charge in [-0.05, 0) is 34.8 Å². The highest BCUT2D eigenvalue weighted by molar-refractivity contribution is 8.01. The van der Waals surface area contributed by atoms with Crippen molar-refractivity contribution in [3.8, 4) is 11.1 Å². The Balaban J connectivity index is 1.67. The van der Waals surface area contributed by atoms with E-state index in [1.165, 1.54) is 27.6 Å². The average molecular weight is 328 g/mol. The molecule has 0 aliphatic heterocycles. The van der Waals surface area contributed by atoms with Crippen LogP contribution >= 0.6 is 23.3 Å². The van der Waals surface area contributed by atoms with E-state index >= 15 is 0 Å². The van der Waals surface area contributed by atoms with Crippen molar-refractivity contribution in [2.24, 2.45) is 0 Å². The SMILES string of the molecule is COCCc1nsc(Sc2ccc(-c3ccccc3)cc2)n1. The minimum atomic E-state index is 0.659. The molecule has 0 saturated carbocycles. The molecular weight excluding hydrogens is 312 g/mol. The third kappa shape index (κ3) is 3.94. The molecule has 0 spiro atoms. The summed E-state index contributed by atoms with van der Waals surface area (Å²) in [5, 5.41) is 0. The number of hydrogen-bond acceptors (Lipinski definition) is 5. The molecule has 112 valence electrons. The summed E-state index contributed by atoms with van der Waals surface area (Å²) in [6, 6.07) is 18.9. The summed E-state index contributed by atoms with van der Waals surface area (Å²) in [7, 11) is 1.69. The predicted molar refractivity (Wildman–Crippen MR) is 91.5 cm³/mol. The Hall–Kier alpha value is -1.69. The Kier molecular flexibility index (Phi) is 5.21. The first kappa shape index (κ1) is 15.2. The van der Waals surface area contributed by atoms with Crippen LogP contribution in [-0.4, -0.2) is 23.1 Å². The quantitative estimate of drug-likeness (QED) is 0.665. The second kappa shape index (κ2) is 7.54. The monoisotopic (exact) mass is 328 g/mol. The summed E-state index contributed by atoms with van der Waals surface area (Å²) < 4.78 is 10.4. The predicted octanol–water partition coefficient (Wildman–Crippen LogP) is 4.55. The first-order valence-corrected chi connectivity index (χ1v) is 8.59. The number of methoxy groups -OCH3 is 1. The van der Waals surface area contributed by atoms with Gasteiger partial charge in [0.25, 0.3) is 0 Å². The van der Waals surface area contributed by atoms with Crippen LogP contribution in [0.3, 0.4) is 0 Å². The van der Waals surface area contributed by atoms with Gasteiger partial charge < -0.3 is 4.74 Å². The molecule has 0 amide bonds. The van der Waals surface area contributed by atoms with Gasteiger partial charge in [0.2, 0.25) is 0 Å². The zero-order valence-electron chi connectivity index (χ0n) is 12.2. The van der Waals surface area contributed by atoms with Crippen LogP contribution in [0.2, 0.25) is 0 Å². The molecule has 0 saturated heterocycles. The van der Waals surface area contributed by atoms with Crippen LogP contribution in [0.5, 0.6) is 0 Å². The highest BCUT2D eigenvalue weighted by atomic mass is 32.2. The van der Waals surface area contributed by atoms with Gasteiger partial charge in [-0.1, -0.05) is 54.2 Å². The highest BCUT2D eigenvalue weighted by Crippen LogP contribution is 2.30. The fourth-order valence-electron chi connectivity index (χ4n) is 2.02. The van der Waals surface area contributed by atoms with Gasteiger partial charge >= 0.3 is 0 Å². The molecule has 3 nitrogen and oxygen atoms in total. The van der Waals surface area contributed by atoms with Crippen molar-refractivity contribution in [1.82, 2.24) is 9.36 Å². The van der Waals surface area contributed by atoms with E-state index < -0.39 is 0 Å². The van der Waals surface area contributed by atoms with Gasteiger partial charge in [-0.25, -0.2) is 4.98 Å². The molecule has 0 unspecified atom stereocenters. The Morgan fingerprint density at radius 1 is 1.00 bits per heavy atom. The van der Waals surface area contributed by atoms with Crippen LogP contribution in [0, 0.1) is 0 Å². The average Bonchev–Trinajstić information content (AvgIpc) is 3.02.